The van der Waals surface area contributed by atoms with E-state index in [0.29, 0.717) is 6.42 Å². The maximum atomic E-state index is 13.1. The van der Waals surface area contributed by atoms with Crippen LogP contribution in [0.5, 0.6) is 0 Å². The van der Waals surface area contributed by atoms with E-state index >= 15 is 0 Å². The molecule has 1 heterocycles. The Balaban J connectivity index is 2.20. The van der Waals surface area contributed by atoms with Gasteiger partial charge < -0.3 is 36.9 Å². The first-order chi connectivity index (χ1) is 16.9. The third-order valence-electron chi connectivity index (χ3n) is 6.04. The predicted molar refractivity (Wildman–Crippen MR) is 131 cm³/mol. The van der Waals surface area contributed by atoms with Gasteiger partial charge in [0.25, 0.3) is 0 Å². The summed E-state index contributed by atoms with van der Waals surface area (Å²) in [6.07, 6.45) is 1.66. The van der Waals surface area contributed by atoms with Crippen molar-refractivity contribution in [2.75, 3.05) is 0 Å². The summed E-state index contributed by atoms with van der Waals surface area (Å²) < 4.78 is 0. The highest BCUT2D eigenvalue weighted by Crippen LogP contribution is 2.19. The normalized spacial score (nSPS) is 15.2. The first kappa shape index (κ1) is 28.3. The van der Waals surface area contributed by atoms with Crippen LogP contribution in [-0.4, -0.2) is 69.0 Å². The molecular weight excluding hydrogens is 470 g/mol. The van der Waals surface area contributed by atoms with Crippen molar-refractivity contribution in [2.45, 2.75) is 64.2 Å². The minimum absolute atomic E-state index is 0.0971. The zero-order valence-corrected chi connectivity index (χ0v) is 20.4. The average molecular weight is 504 g/mol. The quantitative estimate of drug-likeness (QED) is 0.199. The minimum atomic E-state index is -1.66. The molecule has 0 saturated carbocycles. The van der Waals surface area contributed by atoms with Gasteiger partial charge in [0, 0.05) is 23.5 Å². The highest BCUT2D eigenvalue weighted by Gasteiger charge is 2.30. The van der Waals surface area contributed by atoms with Crippen molar-refractivity contribution in [3.8, 4) is 0 Å². The van der Waals surface area contributed by atoms with E-state index in [4.69, 9.17) is 15.9 Å². The zero-order valence-electron chi connectivity index (χ0n) is 20.4. The second-order valence-corrected chi connectivity index (χ2v) is 8.76. The summed E-state index contributed by atoms with van der Waals surface area (Å²) in [5.41, 5.74) is 7.64. The molecule has 1 aromatic heterocycles. The van der Waals surface area contributed by atoms with Crippen molar-refractivity contribution in [1.29, 1.82) is 0 Å². The number of amides is 3. The Bertz CT molecular complexity index is 1120. The van der Waals surface area contributed by atoms with Crippen LogP contribution in [0.1, 0.15) is 39.2 Å². The summed E-state index contributed by atoms with van der Waals surface area (Å²) in [7, 11) is 0. The second-order valence-electron chi connectivity index (χ2n) is 8.76. The summed E-state index contributed by atoms with van der Waals surface area (Å²) in [5, 5.41) is 26.1. The van der Waals surface area contributed by atoms with Gasteiger partial charge in [-0.3, -0.25) is 19.2 Å². The van der Waals surface area contributed by atoms with Crippen LogP contribution in [0.3, 0.4) is 0 Å². The maximum absolute atomic E-state index is 13.1. The largest absolute Gasteiger partial charge is 0.481 e. The first-order valence-electron chi connectivity index (χ1n) is 11.6. The van der Waals surface area contributed by atoms with E-state index < -0.39 is 60.2 Å². The highest BCUT2D eigenvalue weighted by atomic mass is 16.4. The van der Waals surface area contributed by atoms with Gasteiger partial charge in [-0.05, 0) is 24.5 Å². The lowest BCUT2D eigenvalue weighted by molar-refractivity contribution is -0.147. The molecule has 36 heavy (non-hydrogen) atoms. The van der Waals surface area contributed by atoms with E-state index in [1.807, 2.05) is 38.1 Å². The third kappa shape index (κ3) is 7.54. The van der Waals surface area contributed by atoms with Crippen LogP contribution < -0.4 is 21.7 Å². The molecule has 8 N–H and O–H groups in total. The summed E-state index contributed by atoms with van der Waals surface area (Å²) >= 11 is 0. The number of para-hydroxylation sites is 1. The molecule has 0 fully saturated rings. The van der Waals surface area contributed by atoms with Crippen molar-refractivity contribution >= 4 is 40.6 Å². The number of nitrogens with two attached hydrogens (primary N) is 1. The molecule has 0 saturated heterocycles. The molecule has 2 rings (SSSR count). The lowest BCUT2D eigenvalue weighted by Crippen LogP contribution is -2.57. The number of H-pyrrole nitrogens is 1. The van der Waals surface area contributed by atoms with Crippen LogP contribution in [0.4, 0.5) is 0 Å². The SMILES string of the molecule is CCC(C)C(N)C(=O)NC(Cc1c[nH]c2ccccc12)C(=O)NC(C)C(=O)NC(CC(=O)O)C(=O)O. The number of aromatic nitrogens is 1. The molecule has 2 aromatic rings. The molecule has 0 aliphatic carbocycles. The van der Waals surface area contributed by atoms with Crippen molar-refractivity contribution in [3.63, 3.8) is 0 Å². The van der Waals surface area contributed by atoms with Gasteiger partial charge in [-0.1, -0.05) is 38.5 Å². The third-order valence-corrected chi connectivity index (χ3v) is 6.04. The topological polar surface area (TPSA) is 204 Å². The summed E-state index contributed by atoms with van der Waals surface area (Å²) in [6.45, 7) is 5.03. The van der Waals surface area contributed by atoms with Crippen molar-refractivity contribution in [1.82, 2.24) is 20.9 Å². The molecule has 0 aliphatic rings. The van der Waals surface area contributed by atoms with Crippen LogP contribution >= 0.6 is 0 Å². The van der Waals surface area contributed by atoms with Gasteiger partial charge in [0.1, 0.15) is 18.1 Å². The van der Waals surface area contributed by atoms with Crippen LogP contribution in [0.2, 0.25) is 0 Å². The van der Waals surface area contributed by atoms with E-state index in [1.165, 1.54) is 6.92 Å². The van der Waals surface area contributed by atoms with E-state index in [-0.39, 0.29) is 12.3 Å². The summed E-state index contributed by atoms with van der Waals surface area (Å²) in [6, 6.07) is 2.63. The van der Waals surface area contributed by atoms with Crippen LogP contribution in [0.25, 0.3) is 10.9 Å². The van der Waals surface area contributed by atoms with Gasteiger partial charge in [0.2, 0.25) is 17.7 Å². The molecule has 196 valence electrons. The van der Waals surface area contributed by atoms with E-state index in [9.17, 15) is 24.0 Å². The highest BCUT2D eigenvalue weighted by molar-refractivity contribution is 5.95. The number of carboxylic acids is 2. The average Bonchev–Trinajstić information content (AvgIpc) is 3.24. The number of carbonyl (C=O) groups excluding carboxylic acids is 3. The molecule has 0 bridgehead atoms. The number of aromatic amines is 1. The maximum Gasteiger partial charge on any atom is 0.326 e. The first-order valence-corrected chi connectivity index (χ1v) is 11.6. The van der Waals surface area contributed by atoms with Gasteiger partial charge >= 0.3 is 11.9 Å². The zero-order chi connectivity index (χ0) is 27.0. The minimum Gasteiger partial charge on any atom is -0.481 e. The summed E-state index contributed by atoms with van der Waals surface area (Å²) in [4.78, 5) is 63.6. The Morgan fingerprint density at radius 3 is 2.19 bits per heavy atom. The Morgan fingerprint density at radius 2 is 1.58 bits per heavy atom. The van der Waals surface area contributed by atoms with E-state index in [0.717, 1.165) is 16.5 Å². The molecule has 12 nitrogen and oxygen atoms in total. The van der Waals surface area contributed by atoms with Gasteiger partial charge in [-0.25, -0.2) is 4.79 Å². The predicted octanol–water partition coefficient (Wildman–Crippen LogP) is 0.117. The van der Waals surface area contributed by atoms with Gasteiger partial charge in [0.05, 0.1) is 12.5 Å². The Morgan fingerprint density at radius 1 is 0.944 bits per heavy atom. The Hall–Kier alpha value is -3.93. The number of hydrogen-bond acceptors (Lipinski definition) is 6. The fourth-order valence-corrected chi connectivity index (χ4v) is 3.56. The fourth-order valence-electron chi connectivity index (χ4n) is 3.56. The van der Waals surface area contributed by atoms with E-state index in [2.05, 4.69) is 20.9 Å². The Labute approximate surface area is 208 Å². The number of carbonyl (C=O) groups is 5. The molecule has 3 amide bonds. The lowest BCUT2D eigenvalue weighted by atomic mass is 9.98. The molecule has 1 aromatic carbocycles. The number of carboxylic acid groups (broad SMARTS) is 2. The molecule has 12 heteroatoms. The smallest absolute Gasteiger partial charge is 0.326 e. The lowest BCUT2D eigenvalue weighted by Gasteiger charge is -2.24. The number of nitrogens with one attached hydrogen (secondary N) is 4. The molecular formula is C24H33N5O7. The van der Waals surface area contributed by atoms with Gasteiger partial charge in [-0.15, -0.1) is 0 Å². The second kappa shape index (κ2) is 12.7. The van der Waals surface area contributed by atoms with E-state index in [1.54, 1.807) is 6.20 Å². The molecule has 5 atom stereocenters. The molecule has 0 radical (unpaired) electrons. The van der Waals surface area contributed by atoms with Gasteiger partial charge in [0.15, 0.2) is 0 Å². The van der Waals surface area contributed by atoms with Crippen molar-refractivity contribution in [3.05, 3.63) is 36.0 Å². The molecule has 0 aliphatic heterocycles. The summed E-state index contributed by atoms with van der Waals surface area (Å²) in [5.74, 6) is -5.14. The monoisotopic (exact) mass is 503 g/mol. The number of benzene rings is 1. The van der Waals surface area contributed by atoms with Crippen molar-refractivity contribution in [2.24, 2.45) is 11.7 Å². The van der Waals surface area contributed by atoms with Crippen LogP contribution in [0.15, 0.2) is 30.5 Å². The van der Waals surface area contributed by atoms with Crippen molar-refractivity contribution < 1.29 is 34.2 Å². The Kier molecular flexibility index (Phi) is 9.97. The fraction of sp³-hybridized carbons (Fsp3) is 0.458. The van der Waals surface area contributed by atoms with Gasteiger partial charge in [-0.2, -0.15) is 0 Å². The standard InChI is InChI=1S/C24H33N5O7/c1-4-12(2)20(25)23(34)28-17(9-14-11-26-16-8-6-5-7-15(14)16)22(33)27-13(3)21(32)29-18(24(35)36)10-19(30)31/h5-8,11-13,17-18,20,26H,4,9-10,25H2,1-3H3,(H,27,33)(H,28,34)(H,29,32)(H,30,31)(H,35,36). The molecule has 0 spiro atoms. The molecule has 5 unspecified atom stereocenters. The number of rotatable bonds is 13. The number of aliphatic carboxylic acids is 2. The van der Waals surface area contributed by atoms with Crippen LogP contribution in [0, 0.1) is 5.92 Å². The van der Waals surface area contributed by atoms with Crippen LogP contribution in [-0.2, 0) is 30.4 Å². The number of fused-ring (bicyclic) bond motifs is 1. The number of hydrogen-bond donors (Lipinski definition) is 7.